The molecule has 1 rings (SSSR count). The predicted octanol–water partition coefficient (Wildman–Crippen LogP) is 4.81. The predicted molar refractivity (Wildman–Crippen MR) is 64.3 cm³/mol. The molecule has 1 aliphatic rings. The molecule has 0 aromatic rings. The van der Waals surface area contributed by atoms with Crippen molar-refractivity contribution in [2.24, 2.45) is 17.3 Å². The van der Waals surface area contributed by atoms with Crippen LogP contribution in [0.4, 0.5) is 0 Å². The van der Waals surface area contributed by atoms with Gasteiger partial charge < -0.3 is 0 Å². The van der Waals surface area contributed by atoms with Crippen LogP contribution in [0.25, 0.3) is 0 Å². The maximum atomic E-state index is 2.41. The van der Waals surface area contributed by atoms with Gasteiger partial charge in [-0.05, 0) is 49.4 Å². The Morgan fingerprint density at radius 3 is 1.93 bits per heavy atom. The van der Waals surface area contributed by atoms with Crippen molar-refractivity contribution >= 4 is 0 Å². The quantitative estimate of drug-likeness (QED) is 0.564. The van der Waals surface area contributed by atoms with Crippen LogP contribution in [0.2, 0.25) is 0 Å². The second-order valence-corrected chi connectivity index (χ2v) is 5.91. The third-order valence-corrected chi connectivity index (χ3v) is 3.24. The van der Waals surface area contributed by atoms with E-state index in [1.807, 2.05) is 0 Å². The molecular formula is C14H26. The molecule has 0 unspecified atom stereocenters. The van der Waals surface area contributed by atoms with Gasteiger partial charge in [0.05, 0.1) is 0 Å². The first-order chi connectivity index (χ1) is 6.54. The normalized spacial score (nSPS) is 20.7. The molecule has 1 aliphatic carbocycles. The summed E-state index contributed by atoms with van der Waals surface area (Å²) in [6.45, 7) is 9.45. The van der Waals surface area contributed by atoms with Gasteiger partial charge in [0, 0.05) is 0 Å². The van der Waals surface area contributed by atoms with Crippen LogP contribution in [-0.4, -0.2) is 0 Å². The molecule has 0 aromatic carbocycles. The van der Waals surface area contributed by atoms with Crippen molar-refractivity contribution in [2.75, 3.05) is 0 Å². The van der Waals surface area contributed by atoms with E-state index in [1.54, 1.807) is 0 Å². The third-order valence-electron chi connectivity index (χ3n) is 3.24. The molecule has 0 atom stereocenters. The van der Waals surface area contributed by atoms with E-state index in [9.17, 15) is 0 Å². The summed E-state index contributed by atoms with van der Waals surface area (Å²) in [5.74, 6) is 1.69. The Kier molecular flexibility index (Phi) is 4.22. The average Bonchev–Trinajstić information content (AvgIpc) is 2.01. The van der Waals surface area contributed by atoms with Gasteiger partial charge in [0.15, 0.2) is 0 Å². The molecule has 0 N–H and O–H groups in total. The van der Waals surface area contributed by atoms with E-state index < -0.39 is 0 Å². The third kappa shape index (κ3) is 3.48. The van der Waals surface area contributed by atoms with Gasteiger partial charge in [-0.2, -0.15) is 0 Å². The summed E-state index contributed by atoms with van der Waals surface area (Å²) in [4.78, 5) is 0. The lowest BCUT2D eigenvalue weighted by molar-refractivity contribution is 0.162. The zero-order valence-electron chi connectivity index (χ0n) is 10.3. The van der Waals surface area contributed by atoms with Gasteiger partial charge in [0.1, 0.15) is 0 Å². The molecule has 14 heavy (non-hydrogen) atoms. The van der Waals surface area contributed by atoms with Crippen molar-refractivity contribution in [3.05, 3.63) is 12.2 Å². The number of rotatable bonds is 4. The highest BCUT2D eigenvalue weighted by Crippen LogP contribution is 2.43. The van der Waals surface area contributed by atoms with Crippen LogP contribution in [0.3, 0.4) is 0 Å². The van der Waals surface area contributed by atoms with Gasteiger partial charge in [-0.1, -0.05) is 39.8 Å². The minimum absolute atomic E-state index is 0.636. The standard InChI is InChI=1S/C14H26/c1-12(2)10-14(11-13(3)4)8-6-5-7-9-14/h5-6,12-13H,7-11H2,1-4H3. The molecule has 0 radical (unpaired) electrons. The zero-order valence-corrected chi connectivity index (χ0v) is 10.3. The van der Waals surface area contributed by atoms with Gasteiger partial charge in [-0.3, -0.25) is 0 Å². The molecule has 0 bridgehead atoms. The molecule has 0 heteroatoms. The van der Waals surface area contributed by atoms with E-state index in [4.69, 9.17) is 0 Å². The summed E-state index contributed by atoms with van der Waals surface area (Å²) in [6.07, 6.45) is 11.6. The summed E-state index contributed by atoms with van der Waals surface area (Å²) in [6, 6.07) is 0. The van der Waals surface area contributed by atoms with Gasteiger partial charge in [0.2, 0.25) is 0 Å². The summed E-state index contributed by atoms with van der Waals surface area (Å²) < 4.78 is 0. The number of hydrogen-bond donors (Lipinski definition) is 0. The summed E-state index contributed by atoms with van der Waals surface area (Å²) in [5.41, 5.74) is 0.636. The molecule has 0 nitrogen and oxygen atoms in total. The average molecular weight is 194 g/mol. The second-order valence-electron chi connectivity index (χ2n) is 5.91. The van der Waals surface area contributed by atoms with Crippen molar-refractivity contribution < 1.29 is 0 Å². The number of hydrogen-bond acceptors (Lipinski definition) is 0. The Hall–Kier alpha value is -0.260. The maximum absolute atomic E-state index is 2.41. The van der Waals surface area contributed by atoms with Gasteiger partial charge in [-0.25, -0.2) is 0 Å². The minimum Gasteiger partial charge on any atom is -0.0885 e. The van der Waals surface area contributed by atoms with Crippen molar-refractivity contribution in [3.63, 3.8) is 0 Å². The van der Waals surface area contributed by atoms with Crippen LogP contribution in [-0.2, 0) is 0 Å². The molecule has 0 aliphatic heterocycles. The maximum Gasteiger partial charge on any atom is -0.0255 e. The molecule has 82 valence electrons. The second kappa shape index (κ2) is 5.00. The Bertz CT molecular complexity index is 176. The van der Waals surface area contributed by atoms with E-state index in [0.29, 0.717) is 5.41 Å². The highest BCUT2D eigenvalue weighted by molar-refractivity contribution is 4.98. The first-order valence-corrected chi connectivity index (χ1v) is 6.19. The first kappa shape index (κ1) is 11.8. The van der Waals surface area contributed by atoms with E-state index in [1.165, 1.54) is 32.1 Å². The minimum atomic E-state index is 0.636. The van der Waals surface area contributed by atoms with Gasteiger partial charge >= 0.3 is 0 Å². The fraction of sp³-hybridized carbons (Fsp3) is 0.857. The van der Waals surface area contributed by atoms with Crippen molar-refractivity contribution in [3.8, 4) is 0 Å². The Labute approximate surface area is 89.8 Å². The lowest BCUT2D eigenvalue weighted by atomic mass is 9.67. The lowest BCUT2D eigenvalue weighted by Gasteiger charge is -2.38. The smallest absolute Gasteiger partial charge is 0.0255 e. The van der Waals surface area contributed by atoms with Crippen molar-refractivity contribution in [1.29, 1.82) is 0 Å². The summed E-state index contributed by atoms with van der Waals surface area (Å²) >= 11 is 0. The SMILES string of the molecule is CC(C)CC1(CC(C)C)CC=CCC1. The Balaban J connectivity index is 2.63. The van der Waals surface area contributed by atoms with Gasteiger partial charge in [0.25, 0.3) is 0 Å². The van der Waals surface area contributed by atoms with E-state index in [2.05, 4.69) is 39.8 Å². The molecular weight excluding hydrogens is 168 g/mol. The molecule has 0 saturated heterocycles. The van der Waals surface area contributed by atoms with Crippen molar-refractivity contribution in [2.45, 2.75) is 59.8 Å². The summed E-state index contributed by atoms with van der Waals surface area (Å²) in [7, 11) is 0. The van der Waals surface area contributed by atoms with Crippen LogP contribution in [0.1, 0.15) is 59.8 Å². The first-order valence-electron chi connectivity index (χ1n) is 6.19. The van der Waals surface area contributed by atoms with Crippen molar-refractivity contribution in [1.82, 2.24) is 0 Å². The highest BCUT2D eigenvalue weighted by atomic mass is 14.4. The molecule has 0 heterocycles. The molecule has 0 spiro atoms. The topological polar surface area (TPSA) is 0 Å². The van der Waals surface area contributed by atoms with E-state index in [0.717, 1.165) is 11.8 Å². The van der Waals surface area contributed by atoms with Crippen LogP contribution in [0.15, 0.2) is 12.2 Å². The lowest BCUT2D eigenvalue weighted by Crippen LogP contribution is -2.26. The van der Waals surface area contributed by atoms with Crippen LogP contribution in [0, 0.1) is 17.3 Å². The monoisotopic (exact) mass is 194 g/mol. The Morgan fingerprint density at radius 2 is 1.57 bits per heavy atom. The molecule has 0 amide bonds. The van der Waals surface area contributed by atoms with E-state index in [-0.39, 0.29) is 0 Å². The fourth-order valence-electron chi connectivity index (χ4n) is 3.13. The Morgan fingerprint density at radius 1 is 1.00 bits per heavy atom. The number of allylic oxidation sites excluding steroid dienone is 2. The van der Waals surface area contributed by atoms with Crippen LogP contribution in [0.5, 0.6) is 0 Å². The highest BCUT2D eigenvalue weighted by Gasteiger charge is 2.31. The molecule has 0 aromatic heterocycles. The van der Waals surface area contributed by atoms with Crippen LogP contribution < -0.4 is 0 Å². The molecule has 0 fully saturated rings. The fourth-order valence-corrected chi connectivity index (χ4v) is 3.13. The summed E-state index contributed by atoms with van der Waals surface area (Å²) in [5, 5.41) is 0. The van der Waals surface area contributed by atoms with Gasteiger partial charge in [-0.15, -0.1) is 0 Å². The van der Waals surface area contributed by atoms with E-state index >= 15 is 0 Å². The zero-order chi connectivity index (χ0) is 10.6. The molecule has 0 saturated carbocycles. The van der Waals surface area contributed by atoms with Crippen LogP contribution >= 0.6 is 0 Å². The largest absolute Gasteiger partial charge is 0.0885 e.